The van der Waals surface area contributed by atoms with Crippen molar-refractivity contribution in [2.24, 2.45) is 0 Å². The predicted octanol–water partition coefficient (Wildman–Crippen LogP) is 6.89. The first-order chi connectivity index (χ1) is 17.4. The van der Waals surface area contributed by atoms with Crippen LogP contribution in [0.3, 0.4) is 0 Å². The van der Waals surface area contributed by atoms with E-state index in [4.69, 9.17) is 34.8 Å². The average molecular weight is 544 g/mol. The van der Waals surface area contributed by atoms with Gasteiger partial charge in [0.25, 0.3) is 0 Å². The van der Waals surface area contributed by atoms with Gasteiger partial charge >= 0.3 is 0 Å². The van der Waals surface area contributed by atoms with Crippen LogP contribution in [0.4, 0.5) is 0 Å². The maximum atomic E-state index is 13.9. The molecule has 0 spiro atoms. The minimum absolute atomic E-state index is 0.0229. The largest absolute Gasteiger partial charge is 0.352 e. The van der Waals surface area contributed by atoms with Crippen LogP contribution in [0.2, 0.25) is 15.1 Å². The molecule has 1 saturated carbocycles. The highest BCUT2D eigenvalue weighted by atomic mass is 35.5. The zero-order chi connectivity index (χ0) is 25.5. The minimum Gasteiger partial charge on any atom is -0.352 e. The van der Waals surface area contributed by atoms with E-state index in [0.29, 0.717) is 27.1 Å². The summed E-state index contributed by atoms with van der Waals surface area (Å²) in [7, 11) is 0. The van der Waals surface area contributed by atoms with Gasteiger partial charge in [-0.25, -0.2) is 0 Å². The van der Waals surface area contributed by atoms with Crippen molar-refractivity contribution in [2.45, 2.75) is 57.2 Å². The Balaban J connectivity index is 1.70. The number of nitrogens with zero attached hydrogens (tertiary/aromatic N) is 1. The van der Waals surface area contributed by atoms with E-state index in [0.717, 1.165) is 36.8 Å². The number of hydrogen-bond donors (Lipinski definition) is 1. The predicted molar refractivity (Wildman–Crippen MR) is 147 cm³/mol. The molecule has 188 valence electrons. The molecule has 2 amide bonds. The number of carbonyl (C=O) groups is 2. The second-order valence-electron chi connectivity index (χ2n) is 9.19. The van der Waals surface area contributed by atoms with Gasteiger partial charge in [-0.05, 0) is 47.7 Å². The lowest BCUT2D eigenvalue weighted by molar-refractivity contribution is -0.141. The summed E-state index contributed by atoms with van der Waals surface area (Å²) in [4.78, 5) is 29.2. The minimum atomic E-state index is -0.724. The van der Waals surface area contributed by atoms with Gasteiger partial charge in [0.1, 0.15) is 6.04 Å². The molecule has 0 aliphatic heterocycles. The van der Waals surface area contributed by atoms with Gasteiger partial charge in [0, 0.05) is 34.1 Å². The molecule has 1 fully saturated rings. The molecule has 36 heavy (non-hydrogen) atoms. The standard InChI is InChI=1S/C29H29Cl3N2O2/c30-24-14-7-4-11-21(24)19-34(28(35)18-23-25(31)15-8-16-26(23)32)27(17-20-9-2-1-3-10-20)29(36)33-22-12-5-6-13-22/h1-4,7-11,14-16,22,27H,5-6,12-13,17-19H2,(H,33,36)/t27-/m0/s1. The molecule has 7 heteroatoms. The number of benzene rings is 3. The van der Waals surface area contributed by atoms with Crippen LogP contribution < -0.4 is 5.32 Å². The Morgan fingerprint density at radius 2 is 1.44 bits per heavy atom. The molecule has 0 saturated heterocycles. The lowest BCUT2D eigenvalue weighted by atomic mass is 10.0. The molecule has 1 aliphatic carbocycles. The van der Waals surface area contributed by atoms with E-state index >= 15 is 0 Å². The summed E-state index contributed by atoms with van der Waals surface area (Å²) in [5, 5.41) is 4.59. The van der Waals surface area contributed by atoms with E-state index < -0.39 is 6.04 Å². The van der Waals surface area contributed by atoms with Gasteiger partial charge in [0.15, 0.2) is 0 Å². The molecule has 0 unspecified atom stereocenters. The van der Waals surface area contributed by atoms with Crippen molar-refractivity contribution in [1.29, 1.82) is 0 Å². The molecule has 4 rings (SSSR count). The van der Waals surface area contributed by atoms with E-state index in [1.54, 1.807) is 29.2 Å². The van der Waals surface area contributed by atoms with E-state index in [-0.39, 0.29) is 30.8 Å². The molecule has 0 radical (unpaired) electrons. The normalized spacial score (nSPS) is 14.4. The van der Waals surface area contributed by atoms with E-state index in [2.05, 4.69) is 5.32 Å². The second-order valence-corrected chi connectivity index (χ2v) is 10.4. The topological polar surface area (TPSA) is 49.4 Å². The molecule has 0 aromatic heterocycles. The third-order valence-electron chi connectivity index (χ3n) is 6.66. The maximum Gasteiger partial charge on any atom is 0.243 e. The zero-order valence-corrected chi connectivity index (χ0v) is 22.2. The lowest BCUT2D eigenvalue weighted by Gasteiger charge is -2.33. The first-order valence-corrected chi connectivity index (χ1v) is 13.4. The molecular weight excluding hydrogens is 515 g/mol. The van der Waals surface area contributed by atoms with E-state index in [9.17, 15) is 9.59 Å². The molecule has 1 aliphatic rings. The van der Waals surface area contributed by atoms with Crippen LogP contribution in [-0.2, 0) is 29.0 Å². The van der Waals surface area contributed by atoms with Gasteiger partial charge in [-0.15, -0.1) is 0 Å². The van der Waals surface area contributed by atoms with Gasteiger partial charge in [0.2, 0.25) is 11.8 Å². The molecule has 0 heterocycles. The smallest absolute Gasteiger partial charge is 0.243 e. The Bertz CT molecular complexity index is 1180. The summed E-state index contributed by atoms with van der Waals surface area (Å²) < 4.78 is 0. The highest BCUT2D eigenvalue weighted by molar-refractivity contribution is 6.36. The Hall–Kier alpha value is -2.53. The van der Waals surface area contributed by atoms with Crippen molar-refractivity contribution >= 4 is 46.6 Å². The first kappa shape index (κ1) is 26.5. The molecular formula is C29H29Cl3N2O2. The van der Waals surface area contributed by atoms with Crippen molar-refractivity contribution in [3.8, 4) is 0 Å². The lowest BCUT2D eigenvalue weighted by Crippen LogP contribution is -2.52. The monoisotopic (exact) mass is 542 g/mol. The van der Waals surface area contributed by atoms with Gasteiger partial charge in [-0.2, -0.15) is 0 Å². The Morgan fingerprint density at radius 1 is 0.833 bits per heavy atom. The van der Waals surface area contributed by atoms with Crippen LogP contribution >= 0.6 is 34.8 Å². The summed E-state index contributed by atoms with van der Waals surface area (Å²) in [5.74, 6) is -0.399. The Morgan fingerprint density at radius 3 is 2.11 bits per heavy atom. The highest BCUT2D eigenvalue weighted by Gasteiger charge is 2.33. The van der Waals surface area contributed by atoms with Crippen molar-refractivity contribution < 1.29 is 9.59 Å². The van der Waals surface area contributed by atoms with Crippen LogP contribution in [0, 0.1) is 0 Å². The molecule has 3 aromatic carbocycles. The Labute approximate surface area is 227 Å². The van der Waals surface area contributed by atoms with E-state index in [1.807, 2.05) is 48.5 Å². The van der Waals surface area contributed by atoms with Crippen molar-refractivity contribution in [2.75, 3.05) is 0 Å². The first-order valence-electron chi connectivity index (χ1n) is 12.2. The molecule has 3 aromatic rings. The number of hydrogen-bond acceptors (Lipinski definition) is 2. The third kappa shape index (κ3) is 6.82. The number of nitrogens with one attached hydrogen (secondary N) is 1. The SMILES string of the molecule is O=C(NC1CCCC1)[C@H](Cc1ccccc1)N(Cc1ccccc1Cl)C(=O)Cc1c(Cl)cccc1Cl. The summed E-state index contributed by atoms with van der Waals surface area (Å²) in [6.45, 7) is 0.191. The van der Waals surface area contributed by atoms with Gasteiger partial charge < -0.3 is 10.2 Å². The fraction of sp³-hybridized carbons (Fsp3) is 0.310. The zero-order valence-electron chi connectivity index (χ0n) is 19.9. The summed E-state index contributed by atoms with van der Waals surface area (Å²) in [6, 6.07) is 21.7. The van der Waals surface area contributed by atoms with Crippen molar-refractivity contribution in [3.63, 3.8) is 0 Å². The molecule has 1 N–H and O–H groups in total. The second kappa shape index (κ2) is 12.6. The van der Waals surface area contributed by atoms with Crippen molar-refractivity contribution in [1.82, 2.24) is 10.2 Å². The maximum absolute atomic E-state index is 13.9. The highest BCUT2D eigenvalue weighted by Crippen LogP contribution is 2.27. The van der Waals surface area contributed by atoms with Gasteiger partial charge in [-0.1, -0.05) is 102 Å². The fourth-order valence-electron chi connectivity index (χ4n) is 4.69. The van der Waals surface area contributed by atoms with Crippen LogP contribution in [0.15, 0.2) is 72.8 Å². The number of halogens is 3. The van der Waals surface area contributed by atoms with Crippen LogP contribution in [-0.4, -0.2) is 28.8 Å². The quantitative estimate of drug-likeness (QED) is 0.319. The number of amides is 2. The van der Waals surface area contributed by atoms with Gasteiger partial charge in [-0.3, -0.25) is 9.59 Å². The number of carbonyl (C=O) groups excluding carboxylic acids is 2. The summed E-state index contributed by atoms with van der Waals surface area (Å²) in [6.07, 6.45) is 4.47. The van der Waals surface area contributed by atoms with Gasteiger partial charge in [0.05, 0.1) is 6.42 Å². The molecule has 0 bridgehead atoms. The van der Waals surface area contributed by atoms with Crippen LogP contribution in [0.1, 0.15) is 42.4 Å². The Kier molecular flexibility index (Phi) is 9.30. The molecule has 4 nitrogen and oxygen atoms in total. The summed E-state index contributed by atoms with van der Waals surface area (Å²) >= 11 is 19.3. The van der Waals surface area contributed by atoms with Crippen LogP contribution in [0.5, 0.6) is 0 Å². The third-order valence-corrected chi connectivity index (χ3v) is 7.74. The fourth-order valence-corrected chi connectivity index (χ4v) is 5.41. The van der Waals surface area contributed by atoms with Crippen LogP contribution in [0.25, 0.3) is 0 Å². The number of rotatable bonds is 9. The average Bonchev–Trinajstić information content (AvgIpc) is 3.38. The molecule has 1 atom stereocenters. The van der Waals surface area contributed by atoms with E-state index in [1.165, 1.54) is 0 Å². The van der Waals surface area contributed by atoms with Crippen molar-refractivity contribution in [3.05, 3.63) is 105 Å². The summed E-state index contributed by atoms with van der Waals surface area (Å²) in [5.41, 5.74) is 2.28.